The van der Waals surface area contributed by atoms with Gasteiger partial charge in [-0.2, -0.15) is 9.18 Å². The molecule has 1 aromatic carbocycles. The minimum atomic E-state index is -0.910. The third-order valence-corrected chi connectivity index (χ3v) is 3.48. The fraction of sp³-hybridized carbons (Fsp3) is 0.286. The van der Waals surface area contributed by atoms with Crippen LogP contribution in [0, 0.1) is 5.95 Å². The molecule has 0 bridgehead atoms. The van der Waals surface area contributed by atoms with Crippen molar-refractivity contribution in [3.8, 4) is 11.1 Å². The molecule has 1 N–H and O–H groups in total. The van der Waals surface area contributed by atoms with E-state index in [4.69, 9.17) is 0 Å². The lowest BCUT2D eigenvalue weighted by molar-refractivity contribution is 0.153. The maximum absolute atomic E-state index is 14.0. The van der Waals surface area contributed by atoms with Crippen molar-refractivity contribution in [2.45, 2.75) is 25.4 Å². The summed E-state index contributed by atoms with van der Waals surface area (Å²) in [5, 5.41) is 9.99. The molecule has 1 atom stereocenters. The second kappa shape index (κ2) is 4.21. The van der Waals surface area contributed by atoms with E-state index in [1.807, 2.05) is 6.07 Å². The first kappa shape index (κ1) is 11.4. The van der Waals surface area contributed by atoms with Crippen molar-refractivity contribution in [3.05, 3.63) is 47.5 Å². The molecule has 0 saturated carbocycles. The van der Waals surface area contributed by atoms with Crippen LogP contribution in [0.5, 0.6) is 0 Å². The van der Waals surface area contributed by atoms with Crippen LogP contribution in [-0.4, -0.2) is 9.90 Å². The largest absolute Gasteiger partial charge is 0.388 e. The molecule has 0 radical (unpaired) electrons. The van der Waals surface area contributed by atoms with Gasteiger partial charge in [-0.3, -0.25) is 0 Å². The van der Waals surface area contributed by atoms with Crippen LogP contribution >= 0.6 is 0 Å². The van der Waals surface area contributed by atoms with Gasteiger partial charge in [-0.1, -0.05) is 34.8 Å². The summed E-state index contributed by atoms with van der Waals surface area (Å²) in [6.07, 6.45) is 0.911. The van der Waals surface area contributed by atoms with E-state index in [0.29, 0.717) is 30.4 Å². The number of aromatic nitrogens is 1. The lowest BCUT2D eigenvalue weighted by Gasteiger charge is -2.19. The zero-order chi connectivity index (χ0) is 12.7. The first-order valence-electron chi connectivity index (χ1n) is 6.02. The molecule has 1 aromatic heterocycles. The van der Waals surface area contributed by atoms with Gasteiger partial charge in [0.25, 0.3) is 0 Å². The Labute approximate surface area is 103 Å². The third-order valence-electron chi connectivity index (χ3n) is 3.48. The topological polar surface area (TPSA) is 25.2 Å². The third kappa shape index (κ3) is 1.56. The molecule has 0 fully saturated rings. The maximum atomic E-state index is 14.0. The predicted octanol–water partition coefficient (Wildman–Crippen LogP) is 3.40. The van der Waals surface area contributed by atoms with Gasteiger partial charge in [-0.05, 0) is 24.8 Å². The summed E-state index contributed by atoms with van der Waals surface area (Å²) in [5.74, 6) is -0.910. The summed E-state index contributed by atoms with van der Waals surface area (Å²) in [5.41, 5.74) is 1.47. The van der Waals surface area contributed by atoms with Crippen LogP contribution in [0.25, 0.3) is 11.1 Å². The molecule has 0 saturated heterocycles. The van der Waals surface area contributed by atoms with Gasteiger partial charge in [0.1, 0.15) is 0 Å². The van der Waals surface area contributed by atoms with Crippen molar-refractivity contribution in [3.63, 3.8) is 0 Å². The molecule has 1 aliphatic rings. The molecule has 1 heterocycles. The summed E-state index contributed by atoms with van der Waals surface area (Å²) in [7, 11) is 0. The van der Waals surface area contributed by atoms with Crippen LogP contribution in [0.15, 0.2) is 30.3 Å². The normalized spacial score (nSPS) is 18.7. The first-order valence-corrected chi connectivity index (χ1v) is 6.02. The highest BCUT2D eigenvalue weighted by molar-refractivity contribution is 5.70. The van der Waals surface area contributed by atoms with Gasteiger partial charge in [-0.25, -0.2) is 0 Å². The van der Waals surface area contributed by atoms with Gasteiger partial charge in [-0.15, -0.1) is 0 Å². The molecule has 2 nitrogen and oxygen atoms in total. The van der Waals surface area contributed by atoms with Crippen LogP contribution in [-0.2, 0) is 6.42 Å². The average Bonchev–Trinajstić information content (AvgIpc) is 2.65. The van der Waals surface area contributed by atoms with E-state index in [1.54, 1.807) is 24.3 Å². The van der Waals surface area contributed by atoms with E-state index in [0.717, 1.165) is 0 Å². The van der Waals surface area contributed by atoms with Crippen LogP contribution < -0.4 is 0 Å². The minimum absolute atomic E-state index is 0.0834. The van der Waals surface area contributed by atoms with E-state index in [9.17, 15) is 14.0 Å². The Morgan fingerprint density at radius 2 is 1.94 bits per heavy atom. The number of nitrogens with zero attached hydrogens (tertiary/aromatic N) is 1. The number of hydrogen-bond donors (Lipinski definition) is 1. The highest BCUT2D eigenvalue weighted by Crippen LogP contribution is 2.40. The number of rotatable bonds is 1. The molecule has 94 valence electrons. The molecule has 0 amide bonds. The van der Waals surface area contributed by atoms with E-state index < -0.39 is 12.1 Å². The highest BCUT2D eigenvalue weighted by atomic mass is 19.2. The number of benzene rings is 1. The molecule has 0 aliphatic heterocycles. The van der Waals surface area contributed by atoms with Crippen molar-refractivity contribution in [1.29, 1.82) is 0 Å². The molecule has 1 unspecified atom stereocenters. The fourth-order valence-electron chi connectivity index (χ4n) is 2.66. The van der Waals surface area contributed by atoms with Crippen molar-refractivity contribution in [2.24, 2.45) is 0 Å². The Morgan fingerprint density at radius 1 is 1.22 bits per heavy atom. The Hall–Kier alpha value is -1.68. The van der Waals surface area contributed by atoms with Gasteiger partial charge >= 0.3 is 0 Å². The average molecular weight is 249 g/mol. The highest BCUT2D eigenvalue weighted by Gasteiger charge is 2.31. The number of aliphatic hydroxyl groups is 1. The van der Waals surface area contributed by atoms with Gasteiger partial charge in [0, 0.05) is 11.1 Å². The summed E-state index contributed by atoms with van der Waals surface area (Å²) in [6.45, 7) is 0. The van der Waals surface area contributed by atoms with Crippen molar-refractivity contribution in [2.75, 3.05) is 0 Å². The monoisotopic (exact) mass is 249 g/mol. The van der Waals surface area contributed by atoms with Crippen molar-refractivity contribution >= 4 is 0 Å². The van der Waals surface area contributed by atoms with Crippen molar-refractivity contribution in [1.82, 2.24) is 4.79 Å². The Bertz CT molecular complexity index is 577. The summed E-state index contributed by atoms with van der Waals surface area (Å²) in [6, 6.07) is 8.80. The second-order valence-electron chi connectivity index (χ2n) is 4.58. The molecule has 1 aliphatic carbocycles. The number of halogens is 2. The fourth-order valence-corrected chi connectivity index (χ4v) is 2.66. The second-order valence-corrected chi connectivity index (χ2v) is 4.58. The van der Waals surface area contributed by atoms with Gasteiger partial charge in [0.05, 0.1) is 11.8 Å². The zero-order valence-electron chi connectivity index (χ0n) is 9.74. The summed E-state index contributed by atoms with van der Waals surface area (Å²) >= 11 is 0. The van der Waals surface area contributed by atoms with Crippen LogP contribution in [0.2, 0.25) is 0 Å². The maximum Gasteiger partial charge on any atom is 0.230 e. The Kier molecular flexibility index (Phi) is 2.67. The lowest BCUT2D eigenvalue weighted by Crippen LogP contribution is -2.09. The van der Waals surface area contributed by atoms with Gasteiger partial charge in [0.15, 0.2) is 0 Å². The smallest absolute Gasteiger partial charge is 0.230 e. The molecule has 18 heavy (non-hydrogen) atoms. The van der Waals surface area contributed by atoms with Crippen molar-refractivity contribution < 1.29 is 14.0 Å². The molecule has 2 aromatic rings. The van der Waals surface area contributed by atoms with E-state index in [2.05, 4.69) is 0 Å². The standard InChI is InChI=1S/C14H13F2NO/c15-14-12(9-5-2-1-3-6-9)13-10(17(14)16)7-4-8-11(13)18/h1-3,5-6,11,18H,4,7-8H2. The molecule has 3 rings (SSSR count). The van der Waals surface area contributed by atoms with E-state index in [1.165, 1.54) is 0 Å². The quantitative estimate of drug-likeness (QED) is 0.823. The Morgan fingerprint density at radius 3 is 2.67 bits per heavy atom. The van der Waals surface area contributed by atoms with Gasteiger partial charge in [0.2, 0.25) is 5.95 Å². The molecule has 0 spiro atoms. The Balaban J connectivity index is 2.27. The first-order chi connectivity index (χ1) is 8.70. The summed E-state index contributed by atoms with van der Waals surface area (Å²) in [4.78, 5) is 0.0834. The van der Waals surface area contributed by atoms with E-state index in [-0.39, 0.29) is 16.0 Å². The molecular formula is C14H13F2NO. The van der Waals surface area contributed by atoms with Crippen LogP contribution in [0.1, 0.15) is 30.2 Å². The number of fused-ring (bicyclic) bond motifs is 1. The zero-order valence-corrected chi connectivity index (χ0v) is 9.74. The van der Waals surface area contributed by atoms with Crippen LogP contribution in [0.4, 0.5) is 8.87 Å². The van der Waals surface area contributed by atoms with Gasteiger partial charge < -0.3 is 5.11 Å². The number of hydrogen-bond acceptors (Lipinski definition) is 1. The lowest BCUT2D eigenvalue weighted by atomic mass is 9.90. The number of aliphatic hydroxyl groups excluding tert-OH is 1. The molecular weight excluding hydrogens is 236 g/mol. The predicted molar refractivity (Wildman–Crippen MR) is 64.2 cm³/mol. The SMILES string of the molecule is OC1CCCc2c1c(-c1ccccc1)c(F)n2F. The molecule has 4 heteroatoms. The van der Waals surface area contributed by atoms with Crippen LogP contribution in [0.3, 0.4) is 0 Å². The minimum Gasteiger partial charge on any atom is -0.388 e. The summed E-state index contributed by atoms with van der Waals surface area (Å²) < 4.78 is 27.8. The van der Waals surface area contributed by atoms with E-state index >= 15 is 0 Å².